The van der Waals surface area contributed by atoms with Crippen molar-refractivity contribution in [3.8, 4) is 0 Å². The molecule has 2 amide bonds. The van der Waals surface area contributed by atoms with Gasteiger partial charge >= 0.3 is 0 Å². The molecular formula is C20H24FN3O2S. The largest absolute Gasteiger partial charge is 0.335 e. The highest BCUT2D eigenvalue weighted by molar-refractivity contribution is 7.14. The van der Waals surface area contributed by atoms with Crippen LogP contribution in [-0.2, 0) is 11.2 Å². The number of anilines is 1. The summed E-state index contributed by atoms with van der Waals surface area (Å²) in [6.45, 7) is 6.87. The summed E-state index contributed by atoms with van der Waals surface area (Å²) in [5, 5.41) is 2.71. The van der Waals surface area contributed by atoms with E-state index in [1.165, 1.54) is 22.6 Å². The average molecular weight is 389 g/mol. The van der Waals surface area contributed by atoms with Gasteiger partial charge in [-0.2, -0.15) is 0 Å². The fraction of sp³-hybridized carbons (Fsp3) is 0.400. The highest BCUT2D eigenvalue weighted by atomic mass is 32.1. The van der Waals surface area contributed by atoms with Crippen LogP contribution in [0.3, 0.4) is 0 Å². The van der Waals surface area contributed by atoms with Gasteiger partial charge in [-0.15, -0.1) is 11.3 Å². The Hall–Kier alpha value is -2.25. The third-order valence-electron chi connectivity index (χ3n) is 4.75. The third kappa shape index (κ3) is 4.93. The Morgan fingerprint density at radius 3 is 2.56 bits per heavy atom. The van der Waals surface area contributed by atoms with Crippen molar-refractivity contribution in [2.24, 2.45) is 0 Å². The zero-order chi connectivity index (χ0) is 19.4. The summed E-state index contributed by atoms with van der Waals surface area (Å²) in [7, 11) is 0. The van der Waals surface area contributed by atoms with Crippen molar-refractivity contribution in [2.75, 3.05) is 38.0 Å². The molecule has 0 atom stereocenters. The summed E-state index contributed by atoms with van der Waals surface area (Å²) in [5.74, 6) is -0.483. The topological polar surface area (TPSA) is 52.7 Å². The summed E-state index contributed by atoms with van der Waals surface area (Å²) in [6, 6.07) is 7.85. The number of thiophene rings is 1. The van der Waals surface area contributed by atoms with Gasteiger partial charge < -0.3 is 10.2 Å². The van der Waals surface area contributed by atoms with Gasteiger partial charge in [0.25, 0.3) is 5.91 Å². The number of rotatable bonds is 5. The van der Waals surface area contributed by atoms with Gasteiger partial charge in [-0.1, -0.05) is 13.0 Å². The van der Waals surface area contributed by atoms with Crippen LogP contribution >= 0.6 is 11.3 Å². The molecule has 0 unspecified atom stereocenters. The van der Waals surface area contributed by atoms with Gasteiger partial charge in [-0.25, -0.2) is 4.39 Å². The van der Waals surface area contributed by atoms with E-state index in [0.717, 1.165) is 11.3 Å². The van der Waals surface area contributed by atoms with E-state index in [0.29, 0.717) is 31.9 Å². The molecule has 0 saturated carbocycles. The molecular weight excluding hydrogens is 365 g/mol. The SMILES string of the molecule is CCc1cc(C(=O)N2CCN(CC(=O)Nc3cccc(F)c3)CC2)sc1C. The Balaban J connectivity index is 1.49. The summed E-state index contributed by atoms with van der Waals surface area (Å²) >= 11 is 1.55. The molecule has 0 spiro atoms. The number of benzene rings is 1. The van der Waals surface area contributed by atoms with E-state index in [-0.39, 0.29) is 24.2 Å². The van der Waals surface area contributed by atoms with E-state index < -0.39 is 0 Å². The van der Waals surface area contributed by atoms with Gasteiger partial charge in [0.2, 0.25) is 5.91 Å². The molecule has 0 bridgehead atoms. The number of carbonyl (C=O) groups excluding carboxylic acids is 2. The molecule has 3 rings (SSSR count). The van der Waals surface area contributed by atoms with Gasteiger partial charge in [-0.3, -0.25) is 14.5 Å². The minimum absolute atomic E-state index is 0.0756. The van der Waals surface area contributed by atoms with Crippen molar-refractivity contribution in [3.63, 3.8) is 0 Å². The number of amides is 2. The maximum Gasteiger partial charge on any atom is 0.264 e. The maximum absolute atomic E-state index is 13.2. The molecule has 2 aromatic rings. The zero-order valence-corrected chi connectivity index (χ0v) is 16.4. The maximum atomic E-state index is 13.2. The second-order valence-electron chi connectivity index (χ2n) is 6.67. The van der Waals surface area contributed by atoms with E-state index in [4.69, 9.17) is 0 Å². The fourth-order valence-electron chi connectivity index (χ4n) is 3.21. The number of piperazine rings is 1. The first kappa shape index (κ1) is 19.5. The number of hydrogen-bond donors (Lipinski definition) is 1. The molecule has 1 saturated heterocycles. The lowest BCUT2D eigenvalue weighted by atomic mass is 10.2. The van der Waals surface area contributed by atoms with E-state index in [1.807, 2.05) is 15.9 Å². The van der Waals surface area contributed by atoms with Crippen LogP contribution < -0.4 is 5.32 Å². The molecule has 1 fully saturated rings. The van der Waals surface area contributed by atoms with Crippen LogP contribution in [0.4, 0.5) is 10.1 Å². The lowest BCUT2D eigenvalue weighted by molar-refractivity contribution is -0.117. The standard InChI is InChI=1S/C20H24FN3O2S/c1-3-15-11-18(27-14(15)2)20(26)24-9-7-23(8-10-24)13-19(25)22-17-6-4-5-16(21)12-17/h4-6,11-12H,3,7-10,13H2,1-2H3,(H,22,25). The molecule has 1 aliphatic heterocycles. The van der Waals surface area contributed by atoms with E-state index in [1.54, 1.807) is 23.5 Å². The Morgan fingerprint density at radius 1 is 1.19 bits per heavy atom. The number of hydrogen-bond acceptors (Lipinski definition) is 4. The molecule has 144 valence electrons. The van der Waals surface area contributed by atoms with Crippen LogP contribution in [-0.4, -0.2) is 54.3 Å². The van der Waals surface area contributed by atoms with Crippen molar-refractivity contribution >= 4 is 28.8 Å². The van der Waals surface area contributed by atoms with Crippen molar-refractivity contribution in [3.05, 3.63) is 51.5 Å². The van der Waals surface area contributed by atoms with Crippen LogP contribution in [0, 0.1) is 12.7 Å². The van der Waals surface area contributed by atoms with E-state index >= 15 is 0 Å². The van der Waals surface area contributed by atoms with Gasteiger partial charge in [-0.05, 0) is 43.2 Å². The first-order valence-electron chi connectivity index (χ1n) is 9.12. The Morgan fingerprint density at radius 2 is 1.93 bits per heavy atom. The van der Waals surface area contributed by atoms with Gasteiger partial charge in [0.05, 0.1) is 11.4 Å². The van der Waals surface area contributed by atoms with E-state index in [9.17, 15) is 14.0 Å². The fourth-order valence-corrected chi connectivity index (χ4v) is 4.29. The zero-order valence-electron chi connectivity index (χ0n) is 15.6. The summed E-state index contributed by atoms with van der Waals surface area (Å²) in [6.07, 6.45) is 0.934. The Kier molecular flexibility index (Phi) is 6.23. The van der Waals surface area contributed by atoms with Crippen molar-refractivity contribution < 1.29 is 14.0 Å². The number of carbonyl (C=O) groups is 2. The number of nitrogens with one attached hydrogen (secondary N) is 1. The molecule has 7 heteroatoms. The highest BCUT2D eigenvalue weighted by Crippen LogP contribution is 2.23. The van der Waals surface area contributed by atoms with Crippen molar-refractivity contribution in [1.82, 2.24) is 9.80 Å². The van der Waals surface area contributed by atoms with Crippen LogP contribution in [0.15, 0.2) is 30.3 Å². The molecule has 1 aromatic heterocycles. The highest BCUT2D eigenvalue weighted by Gasteiger charge is 2.24. The van der Waals surface area contributed by atoms with E-state index in [2.05, 4.69) is 19.2 Å². The predicted octanol–water partition coefficient (Wildman–Crippen LogP) is 3.15. The molecule has 5 nitrogen and oxygen atoms in total. The normalized spacial score (nSPS) is 15.0. The smallest absolute Gasteiger partial charge is 0.264 e. The van der Waals surface area contributed by atoms with Crippen LogP contribution in [0.5, 0.6) is 0 Å². The molecule has 0 radical (unpaired) electrons. The second-order valence-corrected chi connectivity index (χ2v) is 7.93. The predicted molar refractivity (Wildman–Crippen MR) is 106 cm³/mol. The molecule has 1 aromatic carbocycles. The molecule has 1 aliphatic rings. The minimum atomic E-state index is -0.380. The van der Waals surface area contributed by atoms with Crippen LogP contribution in [0.2, 0.25) is 0 Å². The monoisotopic (exact) mass is 389 g/mol. The molecule has 0 aliphatic carbocycles. The van der Waals surface area contributed by atoms with Crippen molar-refractivity contribution in [1.29, 1.82) is 0 Å². The number of halogens is 1. The lowest BCUT2D eigenvalue weighted by Gasteiger charge is -2.34. The molecule has 1 N–H and O–H groups in total. The average Bonchev–Trinajstić information content (AvgIpc) is 3.02. The Labute approximate surface area is 162 Å². The third-order valence-corrected chi connectivity index (χ3v) is 5.83. The van der Waals surface area contributed by atoms with Crippen molar-refractivity contribution in [2.45, 2.75) is 20.3 Å². The van der Waals surface area contributed by atoms with Crippen LogP contribution in [0.25, 0.3) is 0 Å². The number of nitrogens with zero attached hydrogens (tertiary/aromatic N) is 2. The molecule has 2 heterocycles. The Bertz CT molecular complexity index is 828. The first-order valence-corrected chi connectivity index (χ1v) is 9.94. The first-order chi connectivity index (χ1) is 13.0. The van der Waals surface area contributed by atoms with Gasteiger partial charge in [0, 0.05) is 36.7 Å². The number of aryl methyl sites for hydroxylation is 2. The quantitative estimate of drug-likeness (QED) is 0.855. The lowest BCUT2D eigenvalue weighted by Crippen LogP contribution is -2.50. The molecule has 27 heavy (non-hydrogen) atoms. The summed E-state index contributed by atoms with van der Waals surface area (Å²) in [4.78, 5) is 30.7. The second kappa shape index (κ2) is 8.63. The van der Waals surface area contributed by atoms with Gasteiger partial charge in [0.15, 0.2) is 0 Å². The van der Waals surface area contributed by atoms with Crippen LogP contribution in [0.1, 0.15) is 27.0 Å². The minimum Gasteiger partial charge on any atom is -0.335 e. The summed E-state index contributed by atoms with van der Waals surface area (Å²) < 4.78 is 13.2. The summed E-state index contributed by atoms with van der Waals surface area (Å²) in [5.41, 5.74) is 1.68. The van der Waals surface area contributed by atoms with Gasteiger partial charge in [0.1, 0.15) is 5.82 Å².